The summed E-state index contributed by atoms with van der Waals surface area (Å²) < 4.78 is 38.3. The number of likely N-dealkylation sites (tertiary alicyclic amines) is 1. The standard InChI is InChI=1S/C17H22F3N3O2/c18-17(19,20)12-23-9-8-21(14-4-1-2-5-15(14)23)10-13(24)11-22-7-3-6-16(22)25/h1-2,4-5,13,24H,3,6-12H2. The minimum Gasteiger partial charge on any atom is -0.389 e. The number of anilines is 2. The molecular weight excluding hydrogens is 335 g/mol. The highest BCUT2D eigenvalue weighted by molar-refractivity contribution is 5.78. The Morgan fingerprint density at radius 1 is 1.00 bits per heavy atom. The number of aliphatic hydroxyl groups is 1. The first-order valence-corrected chi connectivity index (χ1v) is 8.45. The van der Waals surface area contributed by atoms with Crippen molar-refractivity contribution in [1.29, 1.82) is 0 Å². The Kier molecular flexibility index (Phi) is 5.08. The highest BCUT2D eigenvalue weighted by Crippen LogP contribution is 2.34. The van der Waals surface area contributed by atoms with Crippen LogP contribution in [0.5, 0.6) is 0 Å². The molecule has 0 aliphatic carbocycles. The zero-order valence-corrected chi connectivity index (χ0v) is 13.9. The topological polar surface area (TPSA) is 47.0 Å². The molecule has 1 saturated heterocycles. The van der Waals surface area contributed by atoms with Crippen LogP contribution in [0.15, 0.2) is 24.3 Å². The van der Waals surface area contributed by atoms with Crippen LogP contribution in [0.4, 0.5) is 24.5 Å². The van der Waals surface area contributed by atoms with Gasteiger partial charge in [0.25, 0.3) is 0 Å². The lowest BCUT2D eigenvalue weighted by atomic mass is 10.1. The molecule has 1 N–H and O–H groups in total. The number of hydrogen-bond donors (Lipinski definition) is 1. The summed E-state index contributed by atoms with van der Waals surface area (Å²) in [6.45, 7) is 0.878. The Hall–Kier alpha value is -1.96. The third kappa shape index (κ3) is 4.36. The number of amides is 1. The van der Waals surface area contributed by atoms with Crippen LogP contribution in [0.3, 0.4) is 0 Å². The van der Waals surface area contributed by atoms with Crippen LogP contribution in [0.2, 0.25) is 0 Å². The van der Waals surface area contributed by atoms with Gasteiger partial charge in [-0.15, -0.1) is 0 Å². The van der Waals surface area contributed by atoms with E-state index in [2.05, 4.69) is 0 Å². The minimum absolute atomic E-state index is 0.0504. The van der Waals surface area contributed by atoms with Crippen molar-refractivity contribution in [3.8, 4) is 0 Å². The minimum atomic E-state index is -4.26. The summed E-state index contributed by atoms with van der Waals surface area (Å²) in [4.78, 5) is 16.5. The van der Waals surface area contributed by atoms with Gasteiger partial charge in [0.05, 0.1) is 17.5 Å². The molecule has 0 radical (unpaired) electrons. The zero-order chi connectivity index (χ0) is 18.0. The monoisotopic (exact) mass is 357 g/mol. The highest BCUT2D eigenvalue weighted by Gasteiger charge is 2.34. The average Bonchev–Trinajstić information content (AvgIpc) is 2.93. The van der Waals surface area contributed by atoms with Gasteiger partial charge in [0.2, 0.25) is 5.91 Å². The molecule has 2 heterocycles. The average molecular weight is 357 g/mol. The molecular formula is C17H22F3N3O2. The van der Waals surface area contributed by atoms with Gasteiger partial charge >= 0.3 is 6.18 Å². The Morgan fingerprint density at radius 2 is 1.60 bits per heavy atom. The van der Waals surface area contributed by atoms with E-state index in [9.17, 15) is 23.1 Å². The first kappa shape index (κ1) is 17.8. The highest BCUT2D eigenvalue weighted by atomic mass is 19.4. The van der Waals surface area contributed by atoms with Crippen LogP contribution in [0.25, 0.3) is 0 Å². The fraction of sp³-hybridized carbons (Fsp3) is 0.588. The van der Waals surface area contributed by atoms with Crippen LogP contribution in [0.1, 0.15) is 12.8 Å². The number of fused-ring (bicyclic) bond motifs is 1. The second-order valence-corrected chi connectivity index (χ2v) is 6.57. The van der Waals surface area contributed by atoms with Gasteiger partial charge in [0.15, 0.2) is 0 Å². The largest absolute Gasteiger partial charge is 0.405 e. The van der Waals surface area contributed by atoms with E-state index in [0.717, 1.165) is 6.42 Å². The van der Waals surface area contributed by atoms with Crippen LogP contribution >= 0.6 is 0 Å². The predicted octanol–water partition coefficient (Wildman–Crippen LogP) is 1.86. The van der Waals surface area contributed by atoms with Gasteiger partial charge in [0, 0.05) is 39.1 Å². The van der Waals surface area contributed by atoms with Crippen molar-refractivity contribution in [1.82, 2.24) is 4.90 Å². The molecule has 0 bridgehead atoms. The molecule has 8 heteroatoms. The summed E-state index contributed by atoms with van der Waals surface area (Å²) in [5.74, 6) is 0.0504. The number of nitrogens with zero attached hydrogens (tertiary/aromatic N) is 3. The lowest BCUT2D eigenvalue weighted by Gasteiger charge is -2.40. The van der Waals surface area contributed by atoms with Crippen molar-refractivity contribution in [3.05, 3.63) is 24.3 Å². The number of β-amino-alcohol motifs (C(OH)–C–C–N with tert-alkyl or cyclic N) is 1. The van der Waals surface area contributed by atoms with Gasteiger partial charge < -0.3 is 19.8 Å². The Balaban J connectivity index is 1.68. The number of hydrogen-bond acceptors (Lipinski definition) is 4. The van der Waals surface area contributed by atoms with E-state index in [1.165, 1.54) is 4.90 Å². The lowest BCUT2D eigenvalue weighted by Crippen LogP contribution is -2.48. The van der Waals surface area contributed by atoms with Crippen molar-refractivity contribution in [2.75, 3.05) is 49.1 Å². The number of para-hydroxylation sites is 2. The number of benzene rings is 1. The molecule has 1 fully saturated rings. The summed E-state index contributed by atoms with van der Waals surface area (Å²) in [6.07, 6.45) is -3.66. The van der Waals surface area contributed by atoms with E-state index < -0.39 is 18.8 Å². The molecule has 25 heavy (non-hydrogen) atoms. The summed E-state index contributed by atoms with van der Waals surface area (Å²) in [5.41, 5.74) is 1.21. The number of halogens is 3. The van der Waals surface area contributed by atoms with E-state index in [1.807, 2.05) is 4.90 Å². The number of carbonyl (C=O) groups is 1. The maximum absolute atomic E-state index is 12.8. The van der Waals surface area contributed by atoms with Crippen LogP contribution in [-0.2, 0) is 4.79 Å². The summed E-state index contributed by atoms with van der Waals surface area (Å²) in [6, 6.07) is 6.93. The number of carbonyl (C=O) groups excluding carboxylic acids is 1. The molecule has 1 atom stereocenters. The molecule has 0 aromatic heterocycles. The van der Waals surface area contributed by atoms with Crippen LogP contribution < -0.4 is 9.80 Å². The van der Waals surface area contributed by atoms with E-state index >= 15 is 0 Å². The molecule has 138 valence electrons. The van der Waals surface area contributed by atoms with Crippen molar-refractivity contribution in [2.24, 2.45) is 0 Å². The summed E-state index contributed by atoms with van der Waals surface area (Å²) >= 11 is 0. The number of alkyl halides is 3. The van der Waals surface area contributed by atoms with Crippen LogP contribution in [-0.4, -0.2) is 67.5 Å². The first-order chi connectivity index (χ1) is 11.8. The molecule has 3 rings (SSSR count). The summed E-state index contributed by atoms with van der Waals surface area (Å²) in [5, 5.41) is 10.3. The molecule has 1 aromatic carbocycles. The van der Waals surface area contributed by atoms with Gasteiger partial charge in [-0.1, -0.05) is 12.1 Å². The lowest BCUT2D eigenvalue weighted by molar-refractivity contribution is -0.128. The van der Waals surface area contributed by atoms with Crippen molar-refractivity contribution in [2.45, 2.75) is 25.1 Å². The second kappa shape index (κ2) is 7.11. The molecule has 0 saturated carbocycles. The fourth-order valence-electron chi connectivity index (χ4n) is 3.52. The van der Waals surface area contributed by atoms with E-state index in [1.54, 1.807) is 29.2 Å². The molecule has 5 nitrogen and oxygen atoms in total. The quantitative estimate of drug-likeness (QED) is 0.874. The van der Waals surface area contributed by atoms with Crippen molar-refractivity contribution in [3.63, 3.8) is 0 Å². The van der Waals surface area contributed by atoms with Crippen molar-refractivity contribution >= 4 is 17.3 Å². The third-order valence-corrected chi connectivity index (χ3v) is 4.61. The predicted molar refractivity (Wildman–Crippen MR) is 88.7 cm³/mol. The Morgan fingerprint density at radius 3 is 2.20 bits per heavy atom. The van der Waals surface area contributed by atoms with Gasteiger partial charge in [-0.05, 0) is 18.6 Å². The van der Waals surface area contributed by atoms with Gasteiger partial charge in [-0.3, -0.25) is 4.79 Å². The molecule has 1 aromatic rings. The van der Waals surface area contributed by atoms with Crippen LogP contribution in [0, 0.1) is 0 Å². The number of aliphatic hydroxyl groups excluding tert-OH is 1. The molecule has 1 amide bonds. The fourth-order valence-corrected chi connectivity index (χ4v) is 3.52. The second-order valence-electron chi connectivity index (χ2n) is 6.57. The first-order valence-electron chi connectivity index (χ1n) is 8.45. The summed E-state index contributed by atoms with van der Waals surface area (Å²) in [7, 11) is 0. The zero-order valence-electron chi connectivity index (χ0n) is 13.9. The number of rotatable bonds is 5. The molecule has 2 aliphatic heterocycles. The Labute approximate surface area is 144 Å². The third-order valence-electron chi connectivity index (χ3n) is 4.61. The van der Waals surface area contributed by atoms with Crippen molar-refractivity contribution < 1.29 is 23.1 Å². The van der Waals surface area contributed by atoms with Gasteiger partial charge in [-0.25, -0.2) is 0 Å². The normalized spacial score (nSPS) is 19.4. The van der Waals surface area contributed by atoms with Gasteiger partial charge in [-0.2, -0.15) is 13.2 Å². The maximum atomic E-state index is 12.8. The molecule has 1 unspecified atom stereocenters. The maximum Gasteiger partial charge on any atom is 0.405 e. The van der Waals surface area contributed by atoms with Gasteiger partial charge in [0.1, 0.15) is 6.54 Å². The van der Waals surface area contributed by atoms with E-state index in [0.29, 0.717) is 37.4 Å². The SMILES string of the molecule is O=C1CCCN1CC(O)CN1CCN(CC(F)(F)F)c2ccccc21. The molecule has 2 aliphatic rings. The Bertz CT molecular complexity index is 623. The van der Waals surface area contributed by atoms with E-state index in [-0.39, 0.29) is 19.0 Å². The van der Waals surface area contributed by atoms with E-state index in [4.69, 9.17) is 0 Å². The molecule has 0 spiro atoms. The smallest absolute Gasteiger partial charge is 0.389 e.